The van der Waals surface area contributed by atoms with Gasteiger partial charge >= 0.3 is 6.03 Å². The highest BCUT2D eigenvalue weighted by Gasteiger charge is 2.04. The molecule has 7 heteroatoms. The second-order valence-corrected chi connectivity index (χ2v) is 6.12. The molecule has 0 radical (unpaired) electrons. The maximum atomic E-state index is 12.0. The second-order valence-electron chi connectivity index (χ2n) is 6.12. The summed E-state index contributed by atoms with van der Waals surface area (Å²) in [5.74, 6) is 0. The largest absolute Gasteiger partial charge is 0.338 e. The van der Waals surface area contributed by atoms with Crippen LogP contribution in [0.5, 0.6) is 0 Å². The van der Waals surface area contributed by atoms with Gasteiger partial charge in [0.25, 0.3) is 5.56 Å². The Morgan fingerprint density at radius 2 is 1.93 bits per heavy atom. The van der Waals surface area contributed by atoms with Crippen LogP contribution in [0.15, 0.2) is 65.7 Å². The Balaban J connectivity index is 1.51. The lowest BCUT2D eigenvalue weighted by Gasteiger charge is -2.09. The molecule has 0 spiro atoms. The predicted molar refractivity (Wildman–Crippen MR) is 105 cm³/mol. The van der Waals surface area contributed by atoms with Crippen molar-refractivity contribution in [3.05, 3.63) is 76.8 Å². The molecule has 7 nitrogen and oxygen atoms in total. The van der Waals surface area contributed by atoms with Crippen molar-refractivity contribution in [3.63, 3.8) is 0 Å². The van der Waals surface area contributed by atoms with E-state index in [2.05, 4.69) is 20.7 Å². The van der Waals surface area contributed by atoms with Crippen molar-refractivity contribution < 1.29 is 4.79 Å². The van der Waals surface area contributed by atoms with E-state index >= 15 is 0 Å². The number of hydrogen-bond donors (Lipinski definition) is 2. The molecule has 138 valence electrons. The molecule has 0 atom stereocenters. The van der Waals surface area contributed by atoms with E-state index in [0.717, 1.165) is 16.8 Å². The molecular formula is C20H21N5O2. The highest BCUT2D eigenvalue weighted by Crippen LogP contribution is 2.13. The number of nitrogens with zero attached hydrogens (tertiary/aromatic N) is 3. The number of pyridine rings is 1. The quantitative estimate of drug-likeness (QED) is 0.659. The Bertz CT molecular complexity index is 969. The normalized spacial score (nSPS) is 10.4. The zero-order chi connectivity index (χ0) is 19.1. The van der Waals surface area contributed by atoms with Gasteiger partial charge in [-0.3, -0.25) is 9.78 Å². The summed E-state index contributed by atoms with van der Waals surface area (Å²) in [7, 11) is 0. The van der Waals surface area contributed by atoms with Crippen molar-refractivity contribution >= 4 is 11.7 Å². The number of nitrogens with one attached hydrogen (secondary N) is 2. The van der Waals surface area contributed by atoms with E-state index < -0.39 is 0 Å². The van der Waals surface area contributed by atoms with Crippen LogP contribution < -0.4 is 16.2 Å². The van der Waals surface area contributed by atoms with Gasteiger partial charge in [0.05, 0.1) is 5.69 Å². The fraction of sp³-hybridized carbons (Fsp3) is 0.200. The number of aryl methyl sites for hydroxylation is 2. The Morgan fingerprint density at radius 1 is 1.11 bits per heavy atom. The second kappa shape index (κ2) is 8.75. The summed E-state index contributed by atoms with van der Waals surface area (Å²) < 4.78 is 1.41. The lowest BCUT2D eigenvalue weighted by molar-refractivity contribution is 0.251. The molecular weight excluding hydrogens is 342 g/mol. The molecule has 2 amide bonds. The number of urea groups is 1. The first kappa shape index (κ1) is 18.3. The molecule has 27 heavy (non-hydrogen) atoms. The zero-order valence-corrected chi connectivity index (χ0v) is 15.1. The lowest BCUT2D eigenvalue weighted by Crippen LogP contribution is -2.31. The van der Waals surface area contributed by atoms with Gasteiger partial charge in [0.15, 0.2) is 0 Å². The van der Waals surface area contributed by atoms with E-state index in [1.165, 1.54) is 10.7 Å². The van der Waals surface area contributed by atoms with Gasteiger partial charge in [0, 0.05) is 42.8 Å². The molecule has 3 rings (SSSR count). The highest BCUT2D eigenvalue weighted by molar-refractivity contribution is 5.89. The van der Waals surface area contributed by atoms with Crippen molar-refractivity contribution in [2.24, 2.45) is 0 Å². The van der Waals surface area contributed by atoms with E-state index in [-0.39, 0.29) is 11.6 Å². The maximum absolute atomic E-state index is 12.0. The molecule has 0 unspecified atom stereocenters. The van der Waals surface area contributed by atoms with Gasteiger partial charge < -0.3 is 10.6 Å². The standard InChI is InChI=1S/C20H21N5O2/c1-15-4-2-5-17(14-15)23-20(27)22-10-3-13-25-19(26)7-6-18(24-25)16-8-11-21-12-9-16/h2,4-9,11-12,14H,3,10,13H2,1H3,(H2,22,23,27). The van der Waals surface area contributed by atoms with Crippen LogP contribution in [0.1, 0.15) is 12.0 Å². The number of amides is 2. The predicted octanol–water partition coefficient (Wildman–Crippen LogP) is 2.83. The summed E-state index contributed by atoms with van der Waals surface area (Å²) >= 11 is 0. The van der Waals surface area contributed by atoms with E-state index in [0.29, 0.717) is 25.2 Å². The maximum Gasteiger partial charge on any atom is 0.319 e. The number of rotatable bonds is 6. The average Bonchev–Trinajstić information content (AvgIpc) is 2.67. The fourth-order valence-corrected chi connectivity index (χ4v) is 2.61. The molecule has 0 saturated carbocycles. The summed E-state index contributed by atoms with van der Waals surface area (Å²) in [6.45, 7) is 2.82. The third kappa shape index (κ3) is 5.24. The summed E-state index contributed by atoms with van der Waals surface area (Å²) in [6.07, 6.45) is 3.96. The average molecular weight is 363 g/mol. The zero-order valence-electron chi connectivity index (χ0n) is 15.1. The SMILES string of the molecule is Cc1cccc(NC(=O)NCCCn2nc(-c3ccncc3)ccc2=O)c1. The minimum Gasteiger partial charge on any atom is -0.338 e. The Labute approximate surface area is 157 Å². The van der Waals surface area contributed by atoms with Gasteiger partial charge in [0.2, 0.25) is 0 Å². The van der Waals surface area contributed by atoms with Crippen molar-refractivity contribution in [2.45, 2.75) is 19.9 Å². The molecule has 3 aromatic rings. The molecule has 2 heterocycles. The third-order valence-electron chi connectivity index (χ3n) is 3.95. The van der Waals surface area contributed by atoms with Gasteiger partial charge in [-0.25, -0.2) is 9.48 Å². The lowest BCUT2D eigenvalue weighted by atomic mass is 10.2. The highest BCUT2D eigenvalue weighted by atomic mass is 16.2. The van der Waals surface area contributed by atoms with Crippen LogP contribution in [-0.2, 0) is 6.54 Å². The van der Waals surface area contributed by atoms with Crippen LogP contribution in [0.2, 0.25) is 0 Å². The summed E-state index contributed by atoms with van der Waals surface area (Å²) in [4.78, 5) is 27.9. The number of anilines is 1. The molecule has 0 aliphatic rings. The van der Waals surface area contributed by atoms with Gasteiger partial charge in [-0.15, -0.1) is 0 Å². The molecule has 2 N–H and O–H groups in total. The Kier molecular flexibility index (Phi) is 5.94. The van der Waals surface area contributed by atoms with E-state index in [1.54, 1.807) is 18.5 Å². The molecule has 1 aromatic carbocycles. The number of aromatic nitrogens is 3. The smallest absolute Gasteiger partial charge is 0.319 e. The number of carbonyl (C=O) groups is 1. The minimum absolute atomic E-state index is 0.169. The van der Waals surface area contributed by atoms with Gasteiger partial charge in [0.1, 0.15) is 0 Å². The molecule has 0 aliphatic heterocycles. The van der Waals surface area contributed by atoms with Gasteiger partial charge in [-0.2, -0.15) is 5.10 Å². The van der Waals surface area contributed by atoms with Crippen molar-refractivity contribution in [3.8, 4) is 11.3 Å². The van der Waals surface area contributed by atoms with Crippen LogP contribution in [0.25, 0.3) is 11.3 Å². The summed E-state index contributed by atoms with van der Waals surface area (Å²) in [5.41, 5.74) is 3.26. The summed E-state index contributed by atoms with van der Waals surface area (Å²) in [5, 5.41) is 9.95. The number of hydrogen-bond acceptors (Lipinski definition) is 4. The summed E-state index contributed by atoms with van der Waals surface area (Å²) in [6, 6.07) is 14.2. The third-order valence-corrected chi connectivity index (χ3v) is 3.95. The van der Waals surface area contributed by atoms with Crippen molar-refractivity contribution in [2.75, 3.05) is 11.9 Å². The van der Waals surface area contributed by atoms with E-state index in [9.17, 15) is 9.59 Å². The van der Waals surface area contributed by atoms with Gasteiger partial charge in [-0.05, 0) is 49.2 Å². The van der Waals surface area contributed by atoms with Crippen LogP contribution in [0.3, 0.4) is 0 Å². The molecule has 0 fully saturated rings. The monoisotopic (exact) mass is 363 g/mol. The molecule has 0 aliphatic carbocycles. The van der Waals surface area contributed by atoms with E-state index in [4.69, 9.17) is 0 Å². The molecule has 0 bridgehead atoms. The van der Waals surface area contributed by atoms with E-state index in [1.807, 2.05) is 43.3 Å². The molecule has 2 aromatic heterocycles. The first-order chi connectivity index (χ1) is 13.1. The van der Waals surface area contributed by atoms with Crippen LogP contribution in [0, 0.1) is 6.92 Å². The van der Waals surface area contributed by atoms with Crippen LogP contribution in [-0.4, -0.2) is 27.3 Å². The van der Waals surface area contributed by atoms with Crippen LogP contribution in [0.4, 0.5) is 10.5 Å². The topological polar surface area (TPSA) is 88.9 Å². The number of benzene rings is 1. The van der Waals surface area contributed by atoms with Crippen molar-refractivity contribution in [1.29, 1.82) is 0 Å². The van der Waals surface area contributed by atoms with Crippen molar-refractivity contribution in [1.82, 2.24) is 20.1 Å². The number of carbonyl (C=O) groups excluding carboxylic acids is 1. The minimum atomic E-state index is -0.272. The first-order valence-electron chi connectivity index (χ1n) is 8.72. The molecule has 0 saturated heterocycles. The Morgan fingerprint density at radius 3 is 2.70 bits per heavy atom. The van der Waals surface area contributed by atoms with Crippen LogP contribution >= 0.6 is 0 Å². The first-order valence-corrected chi connectivity index (χ1v) is 8.72. The Hall–Kier alpha value is -3.48. The fourth-order valence-electron chi connectivity index (χ4n) is 2.61. The van der Waals surface area contributed by atoms with Gasteiger partial charge in [-0.1, -0.05) is 12.1 Å².